The average molecular weight is 340 g/mol. The van der Waals surface area contributed by atoms with Gasteiger partial charge in [0.1, 0.15) is 11.3 Å². The Balaban J connectivity index is 1.88. The first-order valence-corrected chi connectivity index (χ1v) is 8.17. The highest BCUT2D eigenvalue weighted by Crippen LogP contribution is 2.26. The summed E-state index contributed by atoms with van der Waals surface area (Å²) in [7, 11) is 1.74. The van der Waals surface area contributed by atoms with E-state index in [1.807, 2.05) is 0 Å². The second kappa shape index (κ2) is 7.68. The fourth-order valence-corrected chi connectivity index (χ4v) is 2.98. The van der Waals surface area contributed by atoms with Crippen molar-refractivity contribution in [2.45, 2.75) is 38.6 Å². The number of benzene rings is 1. The summed E-state index contributed by atoms with van der Waals surface area (Å²) >= 11 is 5.79. The summed E-state index contributed by atoms with van der Waals surface area (Å²) in [6.45, 7) is 1.88. The molecule has 0 radical (unpaired) electrons. The molecule has 1 amide bonds. The summed E-state index contributed by atoms with van der Waals surface area (Å²) in [4.78, 5) is 25.8. The fourth-order valence-electron chi connectivity index (χ4n) is 2.81. The number of aromatic hydroxyl groups is 1. The molecule has 2 rings (SSSR count). The lowest BCUT2D eigenvalue weighted by Crippen LogP contribution is -2.41. The van der Waals surface area contributed by atoms with Gasteiger partial charge in [-0.3, -0.25) is 4.79 Å². The predicted octanol–water partition coefficient (Wildman–Crippen LogP) is 3.24. The number of carbonyl (C=O) groups excluding carboxylic acids is 2. The molecule has 1 N–H and O–H groups in total. The van der Waals surface area contributed by atoms with E-state index < -0.39 is 5.97 Å². The van der Waals surface area contributed by atoms with Crippen LogP contribution >= 0.6 is 11.6 Å². The Morgan fingerprint density at radius 3 is 2.61 bits per heavy atom. The molecule has 0 heterocycles. The highest BCUT2D eigenvalue weighted by molar-refractivity contribution is 6.31. The van der Waals surface area contributed by atoms with Crippen molar-refractivity contribution in [3.8, 4) is 5.75 Å². The number of hydrogen-bond acceptors (Lipinski definition) is 4. The van der Waals surface area contributed by atoms with Gasteiger partial charge < -0.3 is 14.7 Å². The number of likely N-dealkylation sites (N-methyl/N-ethyl adjacent to an activating group) is 1. The van der Waals surface area contributed by atoms with Crippen molar-refractivity contribution in [2.24, 2.45) is 5.92 Å². The number of nitrogens with zero attached hydrogens (tertiary/aromatic N) is 1. The first-order valence-electron chi connectivity index (χ1n) is 7.79. The minimum absolute atomic E-state index is 0.0422. The van der Waals surface area contributed by atoms with Crippen LogP contribution in [0.4, 0.5) is 0 Å². The molecule has 1 aliphatic carbocycles. The predicted molar refractivity (Wildman–Crippen MR) is 87.6 cm³/mol. The average Bonchev–Trinajstić information content (AvgIpc) is 2.54. The van der Waals surface area contributed by atoms with Crippen molar-refractivity contribution in [3.63, 3.8) is 0 Å². The molecule has 1 fully saturated rings. The van der Waals surface area contributed by atoms with Gasteiger partial charge in [0.15, 0.2) is 6.61 Å². The molecule has 0 spiro atoms. The van der Waals surface area contributed by atoms with Gasteiger partial charge >= 0.3 is 5.97 Å². The van der Waals surface area contributed by atoms with E-state index in [2.05, 4.69) is 6.92 Å². The fraction of sp³-hybridized carbons (Fsp3) is 0.529. The van der Waals surface area contributed by atoms with Crippen LogP contribution in [0, 0.1) is 5.92 Å². The second-order valence-electron chi connectivity index (χ2n) is 6.16. The number of amides is 1. The number of carbonyl (C=O) groups is 2. The zero-order valence-corrected chi connectivity index (χ0v) is 14.2. The Bertz CT molecular complexity index is 582. The molecule has 0 saturated heterocycles. The van der Waals surface area contributed by atoms with Gasteiger partial charge in [-0.05, 0) is 49.8 Å². The zero-order chi connectivity index (χ0) is 17.0. The number of phenols is 1. The van der Waals surface area contributed by atoms with E-state index in [1.165, 1.54) is 18.2 Å². The number of rotatable bonds is 4. The van der Waals surface area contributed by atoms with Crippen molar-refractivity contribution in [1.29, 1.82) is 0 Å². The van der Waals surface area contributed by atoms with Gasteiger partial charge in [-0.2, -0.15) is 0 Å². The van der Waals surface area contributed by atoms with E-state index in [0.717, 1.165) is 25.7 Å². The third-order valence-electron chi connectivity index (χ3n) is 4.43. The molecule has 0 atom stereocenters. The molecular formula is C17H22ClNO4. The Labute approximate surface area is 141 Å². The molecule has 126 valence electrons. The van der Waals surface area contributed by atoms with E-state index in [1.54, 1.807) is 11.9 Å². The lowest BCUT2D eigenvalue weighted by molar-refractivity contribution is -0.136. The molecule has 0 aromatic heterocycles. The summed E-state index contributed by atoms with van der Waals surface area (Å²) in [5.41, 5.74) is -0.0422. The lowest BCUT2D eigenvalue weighted by Gasteiger charge is -2.33. The molecule has 1 aromatic carbocycles. The smallest absolute Gasteiger partial charge is 0.342 e. The van der Waals surface area contributed by atoms with Crippen LogP contribution in [-0.4, -0.2) is 41.6 Å². The summed E-state index contributed by atoms with van der Waals surface area (Å²) in [5, 5.41) is 9.97. The minimum Gasteiger partial charge on any atom is -0.507 e. The van der Waals surface area contributed by atoms with Gasteiger partial charge in [0.25, 0.3) is 5.91 Å². The van der Waals surface area contributed by atoms with Gasteiger partial charge in [-0.1, -0.05) is 18.5 Å². The van der Waals surface area contributed by atoms with E-state index in [-0.39, 0.29) is 29.9 Å². The Kier molecular flexibility index (Phi) is 5.88. The number of esters is 1. The summed E-state index contributed by atoms with van der Waals surface area (Å²) in [6.07, 6.45) is 4.18. The zero-order valence-electron chi connectivity index (χ0n) is 13.4. The summed E-state index contributed by atoms with van der Waals surface area (Å²) in [5.74, 6) is -0.511. The highest BCUT2D eigenvalue weighted by atomic mass is 35.5. The topological polar surface area (TPSA) is 66.8 Å². The van der Waals surface area contributed by atoms with Crippen LogP contribution in [-0.2, 0) is 9.53 Å². The Morgan fingerprint density at radius 1 is 1.30 bits per heavy atom. The SMILES string of the molecule is CC1CCC(N(C)C(=O)COC(=O)c2cc(Cl)ccc2O)CC1. The maximum absolute atomic E-state index is 12.2. The highest BCUT2D eigenvalue weighted by Gasteiger charge is 2.25. The summed E-state index contributed by atoms with van der Waals surface area (Å²) in [6, 6.07) is 4.31. The molecule has 0 unspecified atom stereocenters. The van der Waals surface area contributed by atoms with Crippen molar-refractivity contribution in [2.75, 3.05) is 13.7 Å². The van der Waals surface area contributed by atoms with Crippen LogP contribution < -0.4 is 0 Å². The molecule has 5 nitrogen and oxygen atoms in total. The van der Waals surface area contributed by atoms with Crippen LogP contribution in [0.5, 0.6) is 5.75 Å². The molecular weight excluding hydrogens is 318 g/mol. The van der Waals surface area contributed by atoms with E-state index >= 15 is 0 Å². The van der Waals surface area contributed by atoms with Crippen LogP contribution in [0.2, 0.25) is 5.02 Å². The van der Waals surface area contributed by atoms with Crippen LogP contribution in [0.1, 0.15) is 43.0 Å². The molecule has 0 bridgehead atoms. The number of halogens is 1. The van der Waals surface area contributed by atoms with Crippen LogP contribution in [0.25, 0.3) is 0 Å². The standard InChI is InChI=1S/C17H22ClNO4/c1-11-3-6-13(7-4-11)19(2)16(21)10-23-17(22)14-9-12(18)5-8-15(14)20/h5,8-9,11,13,20H,3-4,6-7,10H2,1-2H3. The van der Waals surface area contributed by atoms with Crippen molar-refractivity contribution >= 4 is 23.5 Å². The molecule has 6 heteroatoms. The third-order valence-corrected chi connectivity index (χ3v) is 4.67. The molecule has 1 aliphatic rings. The second-order valence-corrected chi connectivity index (χ2v) is 6.59. The van der Waals surface area contributed by atoms with Gasteiger partial charge in [-0.25, -0.2) is 4.79 Å². The van der Waals surface area contributed by atoms with Crippen LogP contribution in [0.3, 0.4) is 0 Å². The van der Waals surface area contributed by atoms with Crippen molar-refractivity contribution in [1.82, 2.24) is 4.90 Å². The molecule has 23 heavy (non-hydrogen) atoms. The van der Waals surface area contributed by atoms with E-state index in [0.29, 0.717) is 10.9 Å². The summed E-state index contributed by atoms with van der Waals surface area (Å²) < 4.78 is 5.01. The first-order chi connectivity index (χ1) is 10.9. The third kappa shape index (κ3) is 4.61. The first kappa shape index (κ1) is 17.6. The number of ether oxygens (including phenoxy) is 1. The van der Waals surface area contributed by atoms with Crippen molar-refractivity contribution < 1.29 is 19.4 Å². The molecule has 1 saturated carbocycles. The van der Waals surface area contributed by atoms with E-state index in [4.69, 9.17) is 16.3 Å². The van der Waals surface area contributed by atoms with E-state index in [9.17, 15) is 14.7 Å². The number of phenolic OH excluding ortho intramolecular Hbond substituents is 1. The molecule has 0 aliphatic heterocycles. The van der Waals surface area contributed by atoms with Gasteiger partial charge in [0, 0.05) is 18.1 Å². The largest absolute Gasteiger partial charge is 0.507 e. The lowest BCUT2D eigenvalue weighted by atomic mass is 9.87. The maximum atomic E-state index is 12.2. The maximum Gasteiger partial charge on any atom is 0.342 e. The Morgan fingerprint density at radius 2 is 1.96 bits per heavy atom. The number of hydrogen-bond donors (Lipinski definition) is 1. The monoisotopic (exact) mass is 339 g/mol. The quantitative estimate of drug-likeness (QED) is 0.855. The molecule has 1 aromatic rings. The normalized spacial score (nSPS) is 20.8. The van der Waals surface area contributed by atoms with Crippen LogP contribution in [0.15, 0.2) is 18.2 Å². The minimum atomic E-state index is -0.760. The van der Waals surface area contributed by atoms with Crippen molar-refractivity contribution in [3.05, 3.63) is 28.8 Å². The van der Waals surface area contributed by atoms with Gasteiger partial charge in [0.05, 0.1) is 0 Å². The van der Waals surface area contributed by atoms with Gasteiger partial charge in [-0.15, -0.1) is 0 Å². The Hall–Kier alpha value is -1.75. The van der Waals surface area contributed by atoms with Gasteiger partial charge in [0.2, 0.25) is 0 Å².